The molecule has 1 heterocycles. The smallest absolute Gasteiger partial charge is 0.308 e. The average molecular weight is 302 g/mol. The van der Waals surface area contributed by atoms with Crippen LogP contribution in [0.15, 0.2) is 30.5 Å². The predicted octanol–water partition coefficient (Wildman–Crippen LogP) is 2.29. The van der Waals surface area contributed by atoms with Crippen LogP contribution in [-0.4, -0.2) is 40.0 Å². The van der Waals surface area contributed by atoms with Crippen molar-refractivity contribution >= 4 is 22.8 Å². The molecule has 1 N–H and O–H groups in total. The van der Waals surface area contributed by atoms with Crippen molar-refractivity contribution in [3.05, 3.63) is 36.0 Å². The first-order valence-electron chi connectivity index (χ1n) is 7.40. The van der Waals surface area contributed by atoms with Crippen molar-refractivity contribution in [2.24, 2.45) is 13.0 Å². The number of carboxylic acids is 1. The third kappa shape index (κ3) is 3.47. The van der Waals surface area contributed by atoms with E-state index in [1.165, 1.54) is 10.3 Å². The topological polar surface area (TPSA) is 62.5 Å². The van der Waals surface area contributed by atoms with Gasteiger partial charge < -0.3 is 14.6 Å². The highest BCUT2D eigenvalue weighted by atomic mass is 16.4. The molecular formula is C17H22N2O3. The van der Waals surface area contributed by atoms with Crippen molar-refractivity contribution in [2.45, 2.75) is 19.8 Å². The van der Waals surface area contributed by atoms with Gasteiger partial charge in [0.1, 0.15) is 0 Å². The van der Waals surface area contributed by atoms with Crippen molar-refractivity contribution in [3.8, 4) is 0 Å². The van der Waals surface area contributed by atoms with Crippen LogP contribution in [-0.2, 0) is 23.1 Å². The number of nitrogens with zero attached hydrogens (tertiary/aromatic N) is 2. The van der Waals surface area contributed by atoms with Crippen molar-refractivity contribution < 1.29 is 14.7 Å². The third-order valence-electron chi connectivity index (χ3n) is 3.98. The van der Waals surface area contributed by atoms with Crippen LogP contribution < -0.4 is 0 Å². The molecule has 0 aliphatic carbocycles. The van der Waals surface area contributed by atoms with E-state index in [0.29, 0.717) is 12.8 Å². The van der Waals surface area contributed by atoms with Gasteiger partial charge in [0.25, 0.3) is 0 Å². The van der Waals surface area contributed by atoms with Gasteiger partial charge in [-0.3, -0.25) is 9.59 Å². The Kier molecular flexibility index (Phi) is 4.85. The molecule has 5 heteroatoms. The number of para-hydroxylation sites is 1. The van der Waals surface area contributed by atoms with Gasteiger partial charge in [-0.05, 0) is 18.1 Å². The van der Waals surface area contributed by atoms with E-state index >= 15 is 0 Å². The van der Waals surface area contributed by atoms with Gasteiger partial charge in [0.05, 0.1) is 5.92 Å². The molecule has 118 valence electrons. The lowest BCUT2D eigenvalue weighted by Crippen LogP contribution is -2.33. The van der Waals surface area contributed by atoms with E-state index in [1.54, 1.807) is 14.0 Å². The van der Waals surface area contributed by atoms with Crippen LogP contribution in [0, 0.1) is 5.92 Å². The fraction of sp³-hybridized carbons (Fsp3) is 0.412. The van der Waals surface area contributed by atoms with E-state index in [2.05, 4.69) is 22.9 Å². The zero-order chi connectivity index (χ0) is 16.3. The number of hydrogen-bond acceptors (Lipinski definition) is 2. The molecule has 0 radical (unpaired) electrons. The number of carbonyl (C=O) groups excluding carboxylic acids is 1. The Morgan fingerprint density at radius 3 is 2.68 bits per heavy atom. The molecule has 22 heavy (non-hydrogen) atoms. The molecule has 1 aromatic heterocycles. The Bertz CT molecular complexity index is 690. The van der Waals surface area contributed by atoms with Gasteiger partial charge in [0.2, 0.25) is 5.91 Å². The van der Waals surface area contributed by atoms with Gasteiger partial charge in [0.15, 0.2) is 0 Å². The highest BCUT2D eigenvalue weighted by Gasteiger charge is 2.17. The minimum atomic E-state index is -0.881. The number of aromatic nitrogens is 1. The molecule has 1 atom stereocenters. The van der Waals surface area contributed by atoms with Gasteiger partial charge in [-0.2, -0.15) is 0 Å². The normalized spacial score (nSPS) is 12.3. The molecule has 1 aromatic carbocycles. The molecule has 1 amide bonds. The van der Waals surface area contributed by atoms with Gasteiger partial charge in [-0.15, -0.1) is 0 Å². The van der Waals surface area contributed by atoms with Gasteiger partial charge in [-0.1, -0.05) is 25.1 Å². The molecule has 5 nitrogen and oxygen atoms in total. The van der Waals surface area contributed by atoms with E-state index in [9.17, 15) is 9.59 Å². The van der Waals surface area contributed by atoms with E-state index in [-0.39, 0.29) is 12.5 Å². The van der Waals surface area contributed by atoms with E-state index in [4.69, 9.17) is 5.11 Å². The van der Waals surface area contributed by atoms with Crippen LogP contribution in [0.25, 0.3) is 10.9 Å². The fourth-order valence-electron chi connectivity index (χ4n) is 2.65. The van der Waals surface area contributed by atoms with Crippen molar-refractivity contribution in [1.29, 1.82) is 0 Å². The fourth-order valence-corrected chi connectivity index (χ4v) is 2.65. The molecule has 1 unspecified atom stereocenters. The van der Waals surface area contributed by atoms with E-state index < -0.39 is 11.9 Å². The number of hydrogen-bond donors (Lipinski definition) is 1. The molecular weight excluding hydrogens is 280 g/mol. The van der Waals surface area contributed by atoms with Crippen LogP contribution in [0.2, 0.25) is 0 Å². The summed E-state index contributed by atoms with van der Waals surface area (Å²) in [7, 11) is 3.65. The predicted molar refractivity (Wildman–Crippen MR) is 85.7 cm³/mol. The standard InChI is InChI=1S/C17H22N2O3/c1-12(17(21)22)10-19(3)16(20)9-8-13-11-18(2)15-7-5-4-6-14(13)15/h4-7,11-12H,8-10H2,1-3H3,(H,21,22). The highest BCUT2D eigenvalue weighted by Crippen LogP contribution is 2.21. The van der Waals surface area contributed by atoms with Crippen molar-refractivity contribution in [3.63, 3.8) is 0 Å². The SMILES string of the molecule is CC(CN(C)C(=O)CCc1cn(C)c2ccccc12)C(=O)O. The minimum absolute atomic E-state index is 0.0268. The summed E-state index contributed by atoms with van der Waals surface area (Å²) in [4.78, 5) is 24.5. The minimum Gasteiger partial charge on any atom is -0.481 e. The van der Waals surface area contributed by atoms with Gasteiger partial charge in [0, 0.05) is 44.2 Å². The number of carboxylic acid groups (broad SMARTS) is 1. The molecule has 0 bridgehead atoms. The summed E-state index contributed by atoms with van der Waals surface area (Å²) in [5, 5.41) is 10.1. The number of aryl methyl sites for hydroxylation is 2. The maximum Gasteiger partial charge on any atom is 0.308 e. The second-order valence-electron chi connectivity index (χ2n) is 5.80. The number of fused-ring (bicyclic) bond motifs is 1. The zero-order valence-electron chi connectivity index (χ0n) is 13.2. The molecule has 2 aromatic rings. The van der Waals surface area contributed by atoms with Crippen LogP contribution in [0.3, 0.4) is 0 Å². The Morgan fingerprint density at radius 1 is 1.32 bits per heavy atom. The third-order valence-corrected chi connectivity index (χ3v) is 3.98. The Morgan fingerprint density at radius 2 is 2.00 bits per heavy atom. The molecule has 0 fully saturated rings. The molecule has 0 aliphatic rings. The number of rotatable bonds is 6. The summed E-state index contributed by atoms with van der Waals surface area (Å²) >= 11 is 0. The summed E-state index contributed by atoms with van der Waals surface area (Å²) in [6.07, 6.45) is 3.10. The number of benzene rings is 1. The largest absolute Gasteiger partial charge is 0.481 e. The number of carbonyl (C=O) groups is 2. The summed E-state index contributed by atoms with van der Waals surface area (Å²) < 4.78 is 2.06. The Balaban J connectivity index is 1.99. The zero-order valence-corrected chi connectivity index (χ0v) is 13.2. The van der Waals surface area contributed by atoms with E-state index in [0.717, 1.165) is 11.1 Å². The lowest BCUT2D eigenvalue weighted by Gasteiger charge is -2.19. The first kappa shape index (κ1) is 16.1. The maximum atomic E-state index is 12.1. The molecule has 0 spiro atoms. The molecule has 2 rings (SSSR count). The van der Waals surface area contributed by atoms with Gasteiger partial charge in [-0.25, -0.2) is 0 Å². The number of amides is 1. The molecule has 0 saturated heterocycles. The first-order chi connectivity index (χ1) is 10.4. The average Bonchev–Trinajstić information content (AvgIpc) is 2.81. The van der Waals surface area contributed by atoms with Crippen LogP contribution >= 0.6 is 0 Å². The van der Waals surface area contributed by atoms with E-state index in [1.807, 2.05) is 19.2 Å². The Hall–Kier alpha value is -2.30. The monoisotopic (exact) mass is 302 g/mol. The van der Waals surface area contributed by atoms with Gasteiger partial charge >= 0.3 is 5.97 Å². The second-order valence-corrected chi connectivity index (χ2v) is 5.80. The summed E-state index contributed by atoms with van der Waals surface area (Å²) in [5.41, 5.74) is 2.30. The van der Waals surface area contributed by atoms with Crippen molar-refractivity contribution in [2.75, 3.05) is 13.6 Å². The maximum absolute atomic E-state index is 12.1. The quantitative estimate of drug-likeness (QED) is 0.890. The second kappa shape index (κ2) is 6.64. The molecule has 0 aliphatic heterocycles. The lowest BCUT2D eigenvalue weighted by molar-refractivity contribution is -0.142. The highest BCUT2D eigenvalue weighted by molar-refractivity contribution is 5.85. The van der Waals surface area contributed by atoms with Crippen molar-refractivity contribution in [1.82, 2.24) is 9.47 Å². The van der Waals surface area contributed by atoms with Crippen LogP contribution in [0.5, 0.6) is 0 Å². The molecule has 0 saturated carbocycles. The first-order valence-corrected chi connectivity index (χ1v) is 7.40. The summed E-state index contributed by atoms with van der Waals surface area (Å²) in [6, 6.07) is 8.11. The summed E-state index contributed by atoms with van der Waals surface area (Å²) in [5.74, 6) is -1.46. The lowest BCUT2D eigenvalue weighted by atomic mass is 10.1. The Labute approximate surface area is 130 Å². The van der Waals surface area contributed by atoms with Crippen LogP contribution in [0.1, 0.15) is 18.9 Å². The summed E-state index contributed by atoms with van der Waals surface area (Å²) in [6.45, 7) is 1.85. The van der Waals surface area contributed by atoms with Crippen LogP contribution in [0.4, 0.5) is 0 Å². The number of aliphatic carboxylic acids is 1.